The van der Waals surface area contributed by atoms with Crippen LogP contribution in [-0.2, 0) is 11.8 Å². The van der Waals surface area contributed by atoms with Gasteiger partial charge in [-0.05, 0) is 59.2 Å². The number of carbonyl (C=O) groups is 1. The lowest BCUT2D eigenvalue weighted by atomic mass is 10.0. The van der Waals surface area contributed by atoms with E-state index >= 15 is 0 Å². The van der Waals surface area contributed by atoms with Crippen molar-refractivity contribution in [2.24, 2.45) is 7.05 Å². The van der Waals surface area contributed by atoms with Crippen LogP contribution in [0.5, 0.6) is 0 Å². The topological polar surface area (TPSA) is 64.7 Å². The summed E-state index contributed by atoms with van der Waals surface area (Å²) in [7, 11) is 1.89. The zero-order valence-electron chi connectivity index (χ0n) is 17.6. The molecule has 32 heavy (non-hydrogen) atoms. The number of nitrogens with zero attached hydrogens (tertiary/aromatic N) is 4. The first kappa shape index (κ1) is 19.7. The standard InChI is InChI=1S/C25H20FN5O/c1-16(32)29-22-9-19(17-3-6-21(26)7-4-17)10-23(12-22)31-15-27-24-11-18(5-8-25(24)31)20-13-28-30(2)14-20/h3-15H,1-2H3,(H,29,32). The molecule has 158 valence electrons. The number of aryl methyl sites for hydroxylation is 1. The number of hydrogen-bond acceptors (Lipinski definition) is 3. The van der Waals surface area contributed by atoms with E-state index in [-0.39, 0.29) is 11.7 Å². The van der Waals surface area contributed by atoms with Crippen molar-refractivity contribution in [2.75, 3.05) is 5.32 Å². The number of aromatic nitrogens is 4. The minimum absolute atomic E-state index is 0.163. The number of rotatable bonds is 4. The molecule has 2 aromatic heterocycles. The second kappa shape index (κ2) is 7.77. The maximum Gasteiger partial charge on any atom is 0.221 e. The van der Waals surface area contributed by atoms with Crippen molar-refractivity contribution in [3.05, 3.63) is 85.2 Å². The Hall–Kier alpha value is -4.26. The van der Waals surface area contributed by atoms with Gasteiger partial charge in [-0.1, -0.05) is 18.2 Å². The summed E-state index contributed by atoms with van der Waals surface area (Å²) in [5, 5.41) is 7.09. The largest absolute Gasteiger partial charge is 0.326 e. The van der Waals surface area contributed by atoms with Gasteiger partial charge in [0.1, 0.15) is 12.1 Å². The van der Waals surface area contributed by atoms with Gasteiger partial charge in [0.25, 0.3) is 0 Å². The predicted molar refractivity (Wildman–Crippen MR) is 123 cm³/mol. The first-order valence-corrected chi connectivity index (χ1v) is 10.1. The maximum atomic E-state index is 13.4. The van der Waals surface area contributed by atoms with Gasteiger partial charge in [-0.25, -0.2) is 9.37 Å². The third-order valence-electron chi connectivity index (χ3n) is 5.28. The smallest absolute Gasteiger partial charge is 0.221 e. The lowest BCUT2D eigenvalue weighted by Crippen LogP contribution is -2.06. The highest BCUT2D eigenvalue weighted by Gasteiger charge is 2.11. The summed E-state index contributed by atoms with van der Waals surface area (Å²) in [5.74, 6) is -0.458. The molecule has 0 fully saturated rings. The van der Waals surface area contributed by atoms with Crippen LogP contribution in [0.1, 0.15) is 6.92 Å². The van der Waals surface area contributed by atoms with Crippen molar-refractivity contribution < 1.29 is 9.18 Å². The third kappa shape index (κ3) is 3.76. The summed E-state index contributed by atoms with van der Waals surface area (Å²) in [6.45, 7) is 1.47. The summed E-state index contributed by atoms with van der Waals surface area (Å²) >= 11 is 0. The molecule has 6 nitrogen and oxygen atoms in total. The fourth-order valence-corrected chi connectivity index (χ4v) is 3.80. The molecule has 0 spiro atoms. The molecule has 0 atom stereocenters. The van der Waals surface area contributed by atoms with E-state index in [1.807, 2.05) is 60.4 Å². The zero-order chi connectivity index (χ0) is 22.2. The van der Waals surface area contributed by atoms with E-state index in [0.717, 1.165) is 39.0 Å². The number of imidazole rings is 1. The number of anilines is 1. The van der Waals surface area contributed by atoms with Gasteiger partial charge in [-0.3, -0.25) is 14.0 Å². The van der Waals surface area contributed by atoms with E-state index in [4.69, 9.17) is 0 Å². The molecule has 1 amide bonds. The second-order valence-electron chi connectivity index (χ2n) is 7.68. The molecule has 0 saturated heterocycles. The lowest BCUT2D eigenvalue weighted by molar-refractivity contribution is -0.114. The molecule has 0 aliphatic carbocycles. The van der Waals surface area contributed by atoms with Crippen LogP contribution in [0.4, 0.5) is 10.1 Å². The SMILES string of the molecule is CC(=O)Nc1cc(-c2ccc(F)cc2)cc(-n2cnc3cc(-c4cnn(C)c4)ccc32)c1. The summed E-state index contributed by atoms with van der Waals surface area (Å²) in [6, 6.07) is 18.1. The molecule has 5 rings (SSSR count). The molecule has 0 bridgehead atoms. The summed E-state index contributed by atoms with van der Waals surface area (Å²) in [4.78, 5) is 16.3. The molecule has 0 saturated carbocycles. The number of nitrogens with one attached hydrogen (secondary N) is 1. The Balaban J connectivity index is 1.62. The van der Waals surface area contributed by atoms with Gasteiger partial charge >= 0.3 is 0 Å². The van der Waals surface area contributed by atoms with E-state index in [1.54, 1.807) is 23.1 Å². The molecule has 1 N–H and O–H groups in total. The van der Waals surface area contributed by atoms with Crippen LogP contribution in [0.3, 0.4) is 0 Å². The average molecular weight is 425 g/mol. The van der Waals surface area contributed by atoms with Crippen LogP contribution in [0.25, 0.3) is 39.0 Å². The Morgan fingerprint density at radius 2 is 1.72 bits per heavy atom. The maximum absolute atomic E-state index is 13.4. The first-order chi connectivity index (χ1) is 15.5. The fourth-order valence-electron chi connectivity index (χ4n) is 3.80. The van der Waals surface area contributed by atoms with Gasteiger partial charge in [0.05, 0.1) is 17.2 Å². The van der Waals surface area contributed by atoms with Crippen molar-refractivity contribution in [1.29, 1.82) is 0 Å². The molecule has 0 aliphatic rings. The molecule has 0 aliphatic heterocycles. The number of hydrogen-bond donors (Lipinski definition) is 1. The lowest BCUT2D eigenvalue weighted by Gasteiger charge is -2.12. The molecule has 5 aromatic rings. The number of benzene rings is 3. The van der Waals surface area contributed by atoms with Gasteiger partial charge in [0.15, 0.2) is 0 Å². The monoisotopic (exact) mass is 425 g/mol. The van der Waals surface area contributed by atoms with Gasteiger partial charge in [-0.15, -0.1) is 0 Å². The van der Waals surface area contributed by atoms with E-state index in [9.17, 15) is 9.18 Å². The van der Waals surface area contributed by atoms with Crippen LogP contribution in [0.15, 0.2) is 79.4 Å². The fraction of sp³-hybridized carbons (Fsp3) is 0.0800. The van der Waals surface area contributed by atoms with E-state index < -0.39 is 0 Å². The molecule has 7 heteroatoms. The van der Waals surface area contributed by atoms with E-state index in [0.29, 0.717) is 5.69 Å². The van der Waals surface area contributed by atoms with Gasteiger partial charge in [0, 0.05) is 37.1 Å². The number of amides is 1. The minimum atomic E-state index is -0.294. The van der Waals surface area contributed by atoms with Gasteiger partial charge < -0.3 is 5.32 Å². The first-order valence-electron chi connectivity index (χ1n) is 10.1. The molecular formula is C25H20FN5O. The van der Waals surface area contributed by atoms with E-state index in [1.165, 1.54) is 19.1 Å². The summed E-state index contributed by atoms with van der Waals surface area (Å²) in [6.07, 6.45) is 5.55. The van der Waals surface area contributed by atoms with Crippen LogP contribution < -0.4 is 5.32 Å². The molecular weight excluding hydrogens is 405 g/mol. The van der Waals surface area contributed by atoms with Crippen LogP contribution in [0, 0.1) is 5.82 Å². The molecule has 2 heterocycles. The minimum Gasteiger partial charge on any atom is -0.326 e. The van der Waals surface area contributed by atoms with Gasteiger partial charge in [0.2, 0.25) is 5.91 Å². The highest BCUT2D eigenvalue weighted by molar-refractivity contribution is 5.91. The second-order valence-corrected chi connectivity index (χ2v) is 7.68. The Bertz CT molecular complexity index is 1450. The van der Waals surface area contributed by atoms with Crippen molar-refractivity contribution in [3.63, 3.8) is 0 Å². The van der Waals surface area contributed by atoms with Crippen LogP contribution in [-0.4, -0.2) is 25.2 Å². The predicted octanol–water partition coefficient (Wildman–Crippen LogP) is 5.19. The van der Waals surface area contributed by atoms with Crippen LogP contribution in [0.2, 0.25) is 0 Å². The number of halogens is 1. The number of fused-ring (bicyclic) bond motifs is 1. The molecule has 0 radical (unpaired) electrons. The Kier molecular flexibility index (Phi) is 4.78. The Morgan fingerprint density at radius 3 is 2.44 bits per heavy atom. The molecule has 0 unspecified atom stereocenters. The van der Waals surface area contributed by atoms with Crippen molar-refractivity contribution in [3.8, 4) is 27.9 Å². The highest BCUT2D eigenvalue weighted by Crippen LogP contribution is 2.30. The molecule has 3 aromatic carbocycles. The van der Waals surface area contributed by atoms with Crippen molar-refractivity contribution >= 4 is 22.6 Å². The average Bonchev–Trinajstić information content (AvgIpc) is 3.39. The van der Waals surface area contributed by atoms with E-state index in [2.05, 4.69) is 15.4 Å². The summed E-state index contributed by atoms with van der Waals surface area (Å²) < 4.78 is 17.2. The summed E-state index contributed by atoms with van der Waals surface area (Å²) in [5.41, 5.74) is 7.05. The van der Waals surface area contributed by atoms with Crippen molar-refractivity contribution in [2.45, 2.75) is 6.92 Å². The third-order valence-corrected chi connectivity index (χ3v) is 5.28. The zero-order valence-corrected chi connectivity index (χ0v) is 17.6. The van der Waals surface area contributed by atoms with Crippen LogP contribution >= 0.6 is 0 Å². The highest BCUT2D eigenvalue weighted by atomic mass is 19.1. The van der Waals surface area contributed by atoms with Crippen molar-refractivity contribution in [1.82, 2.24) is 19.3 Å². The number of carbonyl (C=O) groups excluding carboxylic acids is 1. The Morgan fingerprint density at radius 1 is 0.938 bits per heavy atom. The normalized spacial score (nSPS) is 11.1. The quantitative estimate of drug-likeness (QED) is 0.431. The van der Waals surface area contributed by atoms with Gasteiger partial charge in [-0.2, -0.15) is 5.10 Å². The Labute approximate surface area is 184 Å².